The number of methoxy groups -OCH3 is 1. The summed E-state index contributed by atoms with van der Waals surface area (Å²) >= 11 is 0. The molecule has 1 atom stereocenters. The highest BCUT2D eigenvalue weighted by molar-refractivity contribution is 5.82. The number of hydrogen-bond donors (Lipinski definition) is 1. The number of nitrogens with zero attached hydrogens (tertiary/aromatic N) is 1. The first-order valence-electron chi connectivity index (χ1n) is 7.72. The van der Waals surface area contributed by atoms with Crippen molar-refractivity contribution >= 4 is 10.9 Å². The maximum Gasteiger partial charge on any atom is 0.0959 e. The highest BCUT2D eigenvalue weighted by Crippen LogP contribution is 2.36. The maximum absolute atomic E-state index is 6.05. The minimum atomic E-state index is 0.0466. The van der Waals surface area contributed by atoms with Crippen LogP contribution >= 0.6 is 0 Å². The van der Waals surface area contributed by atoms with Gasteiger partial charge in [-0.1, -0.05) is 12.1 Å². The van der Waals surface area contributed by atoms with Gasteiger partial charge in [0.15, 0.2) is 0 Å². The predicted molar refractivity (Wildman–Crippen MR) is 82.3 cm³/mol. The molecule has 1 aromatic heterocycles. The van der Waals surface area contributed by atoms with Gasteiger partial charge in [0.05, 0.1) is 11.7 Å². The van der Waals surface area contributed by atoms with Gasteiger partial charge in [-0.2, -0.15) is 0 Å². The Labute approximate surface area is 125 Å². The Morgan fingerprint density at radius 3 is 3.14 bits per heavy atom. The van der Waals surface area contributed by atoms with Gasteiger partial charge in [-0.15, -0.1) is 0 Å². The molecule has 4 nitrogen and oxygen atoms in total. The van der Waals surface area contributed by atoms with Crippen molar-refractivity contribution in [3.63, 3.8) is 0 Å². The van der Waals surface area contributed by atoms with Crippen LogP contribution in [0.3, 0.4) is 0 Å². The van der Waals surface area contributed by atoms with Crippen LogP contribution < -0.4 is 0 Å². The van der Waals surface area contributed by atoms with E-state index < -0.39 is 0 Å². The normalized spacial score (nSPS) is 25.3. The second-order valence-electron chi connectivity index (χ2n) is 6.38. The molecule has 0 aliphatic carbocycles. The first-order chi connectivity index (χ1) is 10.3. The minimum absolute atomic E-state index is 0.0466. The van der Waals surface area contributed by atoms with E-state index in [9.17, 15) is 0 Å². The van der Waals surface area contributed by atoms with Gasteiger partial charge in [0.2, 0.25) is 0 Å². The number of aromatic amines is 1. The molecular formula is C17H22N2O2. The summed E-state index contributed by atoms with van der Waals surface area (Å²) in [6.07, 6.45) is 4.45. The summed E-state index contributed by atoms with van der Waals surface area (Å²) in [4.78, 5) is 5.75. The number of likely N-dealkylation sites (tertiary alicyclic amines) is 1. The monoisotopic (exact) mass is 286 g/mol. The van der Waals surface area contributed by atoms with Gasteiger partial charge in [0.25, 0.3) is 0 Å². The Morgan fingerprint density at radius 1 is 1.38 bits per heavy atom. The van der Waals surface area contributed by atoms with E-state index in [1.165, 1.54) is 16.5 Å². The van der Waals surface area contributed by atoms with Crippen LogP contribution in [0.5, 0.6) is 0 Å². The minimum Gasteiger partial charge on any atom is -0.381 e. The van der Waals surface area contributed by atoms with Crippen LogP contribution in [0.25, 0.3) is 10.9 Å². The zero-order chi connectivity index (χ0) is 14.3. The van der Waals surface area contributed by atoms with Gasteiger partial charge in [-0.3, -0.25) is 4.90 Å². The Hall–Kier alpha value is -1.36. The Balaban J connectivity index is 1.43. The summed E-state index contributed by atoms with van der Waals surface area (Å²) in [6.45, 7) is 3.87. The number of hydrogen-bond acceptors (Lipinski definition) is 3. The third-order valence-corrected chi connectivity index (χ3v) is 4.88. The van der Waals surface area contributed by atoms with Crippen molar-refractivity contribution in [1.29, 1.82) is 0 Å². The fourth-order valence-corrected chi connectivity index (χ4v) is 3.81. The van der Waals surface area contributed by atoms with Crippen molar-refractivity contribution in [3.05, 3.63) is 36.0 Å². The number of fused-ring (bicyclic) bond motifs is 1. The molecule has 2 saturated heterocycles. The summed E-state index contributed by atoms with van der Waals surface area (Å²) < 4.78 is 11.6. The Kier molecular flexibility index (Phi) is 3.25. The van der Waals surface area contributed by atoms with Crippen molar-refractivity contribution in [1.82, 2.24) is 9.88 Å². The van der Waals surface area contributed by atoms with Gasteiger partial charge in [0.1, 0.15) is 0 Å². The van der Waals surface area contributed by atoms with Crippen LogP contribution in [0.4, 0.5) is 0 Å². The predicted octanol–water partition coefficient (Wildman–Crippen LogP) is 2.55. The molecule has 2 aliphatic heterocycles. The summed E-state index contributed by atoms with van der Waals surface area (Å²) in [5.41, 5.74) is 2.66. The quantitative estimate of drug-likeness (QED) is 0.942. The summed E-state index contributed by atoms with van der Waals surface area (Å²) in [5.74, 6) is 0. The first-order valence-corrected chi connectivity index (χ1v) is 7.72. The molecule has 0 amide bonds. The van der Waals surface area contributed by atoms with Gasteiger partial charge < -0.3 is 14.5 Å². The number of ether oxygens (including phenoxy) is 2. The molecule has 4 heteroatoms. The number of aromatic nitrogens is 1. The van der Waals surface area contributed by atoms with Crippen molar-refractivity contribution in [3.8, 4) is 0 Å². The summed E-state index contributed by atoms with van der Waals surface area (Å²) in [6, 6.07) is 8.64. The lowest BCUT2D eigenvalue weighted by atomic mass is 9.84. The Bertz CT molecular complexity index is 631. The average Bonchev–Trinajstić information content (AvgIpc) is 2.95. The van der Waals surface area contributed by atoms with Crippen molar-refractivity contribution in [2.24, 2.45) is 0 Å². The molecule has 0 radical (unpaired) electrons. The number of rotatable bonds is 3. The van der Waals surface area contributed by atoms with E-state index in [2.05, 4.69) is 34.1 Å². The van der Waals surface area contributed by atoms with Crippen LogP contribution in [0.2, 0.25) is 0 Å². The zero-order valence-electron chi connectivity index (χ0n) is 12.5. The highest BCUT2D eigenvalue weighted by Gasteiger charge is 2.47. The molecule has 21 heavy (non-hydrogen) atoms. The third kappa shape index (κ3) is 2.37. The number of H-pyrrole nitrogens is 1. The third-order valence-electron chi connectivity index (χ3n) is 4.88. The largest absolute Gasteiger partial charge is 0.381 e. The van der Waals surface area contributed by atoms with E-state index in [4.69, 9.17) is 9.47 Å². The second kappa shape index (κ2) is 5.13. The molecule has 1 N–H and O–H groups in total. The molecule has 1 unspecified atom stereocenters. The lowest BCUT2D eigenvalue weighted by Crippen LogP contribution is -2.65. The summed E-state index contributed by atoms with van der Waals surface area (Å²) in [5, 5.41) is 1.33. The lowest BCUT2D eigenvalue weighted by molar-refractivity contribution is -0.195. The van der Waals surface area contributed by atoms with Crippen LogP contribution in [-0.4, -0.2) is 48.4 Å². The molecule has 1 spiro atoms. The second-order valence-corrected chi connectivity index (χ2v) is 6.38. The van der Waals surface area contributed by atoms with Crippen molar-refractivity contribution in [2.75, 3.05) is 26.8 Å². The van der Waals surface area contributed by atoms with Crippen LogP contribution in [0.1, 0.15) is 18.4 Å². The molecule has 0 saturated carbocycles. The first kappa shape index (κ1) is 13.3. The maximum atomic E-state index is 6.05. The number of benzene rings is 1. The smallest absolute Gasteiger partial charge is 0.0959 e. The van der Waals surface area contributed by atoms with E-state index in [0.29, 0.717) is 6.10 Å². The topological polar surface area (TPSA) is 37.5 Å². The van der Waals surface area contributed by atoms with E-state index in [1.54, 1.807) is 0 Å². The summed E-state index contributed by atoms with van der Waals surface area (Å²) in [7, 11) is 1.81. The fraction of sp³-hybridized carbons (Fsp3) is 0.529. The highest BCUT2D eigenvalue weighted by atomic mass is 16.5. The van der Waals surface area contributed by atoms with Gasteiger partial charge in [-0.05, 0) is 24.1 Å². The molecular weight excluding hydrogens is 264 g/mol. The molecule has 2 aliphatic rings. The van der Waals surface area contributed by atoms with Crippen LogP contribution in [0.15, 0.2) is 30.5 Å². The van der Waals surface area contributed by atoms with E-state index >= 15 is 0 Å². The molecule has 4 rings (SSSR count). The lowest BCUT2D eigenvalue weighted by Gasteiger charge is -2.53. The van der Waals surface area contributed by atoms with E-state index in [1.807, 2.05) is 13.3 Å². The van der Waals surface area contributed by atoms with Crippen molar-refractivity contribution < 1.29 is 9.47 Å². The zero-order valence-corrected chi connectivity index (χ0v) is 12.5. The molecule has 112 valence electrons. The van der Waals surface area contributed by atoms with Crippen LogP contribution in [-0.2, 0) is 16.0 Å². The van der Waals surface area contributed by atoms with E-state index in [0.717, 1.165) is 39.1 Å². The molecule has 1 aromatic carbocycles. The van der Waals surface area contributed by atoms with Crippen molar-refractivity contribution in [2.45, 2.75) is 31.1 Å². The van der Waals surface area contributed by atoms with Crippen LogP contribution in [0, 0.1) is 0 Å². The average molecular weight is 286 g/mol. The fourth-order valence-electron chi connectivity index (χ4n) is 3.81. The molecule has 2 aromatic rings. The molecule has 3 heterocycles. The standard InChI is InChI=1S/C17H22N2O2/c1-20-14-6-8-21-17(9-14)11-19(12-17)10-13-3-2-4-16-15(13)5-7-18-16/h2-5,7,14,18H,6,8-12H2,1H3. The van der Waals surface area contributed by atoms with Gasteiger partial charge in [-0.25, -0.2) is 0 Å². The molecule has 0 bridgehead atoms. The molecule has 2 fully saturated rings. The van der Waals surface area contributed by atoms with E-state index in [-0.39, 0.29) is 5.60 Å². The van der Waals surface area contributed by atoms with Gasteiger partial charge >= 0.3 is 0 Å². The number of nitrogens with one attached hydrogen (secondary N) is 1. The van der Waals surface area contributed by atoms with Gasteiger partial charge in [0, 0.05) is 56.9 Å². The Morgan fingerprint density at radius 2 is 2.29 bits per heavy atom. The SMILES string of the molecule is COC1CCOC2(C1)CN(Cc1cccc3[nH]ccc13)C2.